The molecule has 16 heavy (non-hydrogen) atoms. The Hall–Kier alpha value is -0.560. The quantitative estimate of drug-likeness (QED) is 0.666. The Labute approximate surface area is 104 Å². The number of hydrogen-bond acceptors (Lipinski definition) is 1. The van der Waals surface area contributed by atoms with Crippen LogP contribution in [0.5, 0.6) is 0 Å². The molecule has 90 valence electrons. The van der Waals surface area contributed by atoms with Crippen molar-refractivity contribution in [2.75, 3.05) is 0 Å². The molecular formula is C14H21ClO. The lowest BCUT2D eigenvalue weighted by atomic mass is 9.87. The number of rotatable bonds is 3. The summed E-state index contributed by atoms with van der Waals surface area (Å²) in [6, 6.07) is 0. The molecule has 1 aliphatic rings. The number of allylic oxidation sites excluding steroid dienone is 4. The van der Waals surface area contributed by atoms with E-state index >= 15 is 0 Å². The van der Waals surface area contributed by atoms with E-state index in [1.165, 1.54) is 0 Å². The molecule has 0 bridgehead atoms. The molecule has 1 nitrogen and oxygen atoms in total. The van der Waals surface area contributed by atoms with Crippen LogP contribution in [0.4, 0.5) is 0 Å². The molecule has 1 aliphatic carbocycles. The molecule has 1 unspecified atom stereocenters. The summed E-state index contributed by atoms with van der Waals surface area (Å²) >= 11 is 5.93. The van der Waals surface area contributed by atoms with Crippen molar-refractivity contribution in [1.29, 1.82) is 0 Å². The van der Waals surface area contributed by atoms with Gasteiger partial charge in [-0.05, 0) is 11.8 Å². The first kappa shape index (κ1) is 13.5. The lowest BCUT2D eigenvalue weighted by molar-refractivity contribution is -0.111. The summed E-state index contributed by atoms with van der Waals surface area (Å²) in [4.78, 5) is 11.9. The number of Topliss-reactive ketones (excluding diaryl/α,β-unsaturated/α-hetero) is 1. The first-order valence-corrected chi connectivity index (χ1v) is 6.37. The second kappa shape index (κ2) is 5.18. The van der Waals surface area contributed by atoms with Crippen molar-refractivity contribution < 1.29 is 4.79 Å². The number of hydrogen-bond donors (Lipinski definition) is 0. The highest BCUT2D eigenvalue weighted by molar-refractivity contribution is 6.46. The summed E-state index contributed by atoms with van der Waals surface area (Å²) in [7, 11) is 0. The zero-order chi connectivity index (χ0) is 12.3. The summed E-state index contributed by atoms with van der Waals surface area (Å²) in [5.74, 6) is 0.261. The minimum atomic E-state index is 0.0256. The van der Waals surface area contributed by atoms with Crippen LogP contribution in [-0.4, -0.2) is 5.78 Å². The minimum absolute atomic E-state index is 0.0256. The van der Waals surface area contributed by atoms with Gasteiger partial charge >= 0.3 is 0 Å². The van der Waals surface area contributed by atoms with Crippen LogP contribution in [-0.2, 0) is 4.79 Å². The van der Waals surface area contributed by atoms with Crippen LogP contribution in [0.15, 0.2) is 22.8 Å². The van der Waals surface area contributed by atoms with Gasteiger partial charge < -0.3 is 0 Å². The van der Waals surface area contributed by atoms with E-state index in [0.29, 0.717) is 5.03 Å². The normalized spacial score (nSPS) is 24.1. The maximum Gasteiger partial charge on any atom is 0.200 e. The standard InChI is InChI=1S/C14H21ClO/c1-5-6-7-10-8-12(15)13(16)11(10)9-14(2,3)4/h8-10H,5-7H2,1-4H3/b11-9+. The van der Waals surface area contributed by atoms with Gasteiger partial charge in [-0.15, -0.1) is 0 Å². The second-order valence-corrected chi connectivity index (χ2v) is 5.97. The number of ketones is 1. The van der Waals surface area contributed by atoms with Crippen LogP contribution in [0, 0.1) is 11.3 Å². The molecule has 0 radical (unpaired) electrons. The predicted molar refractivity (Wildman–Crippen MR) is 69.5 cm³/mol. The fourth-order valence-corrected chi connectivity index (χ4v) is 2.21. The summed E-state index contributed by atoms with van der Waals surface area (Å²) in [6.45, 7) is 8.48. The highest BCUT2D eigenvalue weighted by Crippen LogP contribution is 2.35. The Morgan fingerprint density at radius 1 is 1.44 bits per heavy atom. The number of carbonyl (C=O) groups is 1. The minimum Gasteiger partial charge on any atom is -0.288 e. The Morgan fingerprint density at radius 3 is 2.56 bits per heavy atom. The third kappa shape index (κ3) is 3.48. The van der Waals surface area contributed by atoms with Crippen molar-refractivity contribution in [2.24, 2.45) is 11.3 Å². The molecule has 0 spiro atoms. The molecule has 0 N–H and O–H groups in total. The first-order chi connectivity index (χ1) is 7.35. The molecule has 0 amide bonds. The van der Waals surface area contributed by atoms with Gasteiger partial charge in [-0.1, -0.05) is 64.3 Å². The van der Waals surface area contributed by atoms with Gasteiger partial charge in [0.05, 0.1) is 5.03 Å². The van der Waals surface area contributed by atoms with E-state index in [9.17, 15) is 4.79 Å². The highest BCUT2D eigenvalue weighted by atomic mass is 35.5. The van der Waals surface area contributed by atoms with Gasteiger partial charge in [0.2, 0.25) is 0 Å². The number of carbonyl (C=O) groups excluding carboxylic acids is 1. The van der Waals surface area contributed by atoms with E-state index in [1.807, 2.05) is 6.08 Å². The third-order valence-electron chi connectivity index (χ3n) is 2.68. The van der Waals surface area contributed by atoms with Crippen molar-refractivity contribution >= 4 is 17.4 Å². The van der Waals surface area contributed by atoms with Crippen LogP contribution in [0.25, 0.3) is 0 Å². The summed E-state index contributed by atoms with van der Waals surface area (Å²) in [5.41, 5.74) is 0.927. The van der Waals surface area contributed by atoms with Gasteiger partial charge in [0, 0.05) is 11.5 Å². The zero-order valence-electron chi connectivity index (χ0n) is 10.6. The Balaban J connectivity index is 2.89. The van der Waals surface area contributed by atoms with E-state index in [1.54, 1.807) is 0 Å². The maximum atomic E-state index is 11.9. The van der Waals surface area contributed by atoms with Crippen molar-refractivity contribution in [1.82, 2.24) is 0 Å². The van der Waals surface area contributed by atoms with E-state index < -0.39 is 0 Å². The molecule has 0 saturated carbocycles. The average Bonchev–Trinajstić information content (AvgIpc) is 2.41. The predicted octanol–water partition coefficient (Wildman–Crippen LogP) is 4.47. The molecule has 0 heterocycles. The van der Waals surface area contributed by atoms with Crippen LogP contribution in [0.1, 0.15) is 47.0 Å². The van der Waals surface area contributed by atoms with Gasteiger partial charge in [0.1, 0.15) is 0 Å². The van der Waals surface area contributed by atoms with Crippen molar-refractivity contribution in [3.05, 3.63) is 22.8 Å². The lowest BCUT2D eigenvalue weighted by Gasteiger charge is -2.17. The summed E-state index contributed by atoms with van der Waals surface area (Å²) in [6.07, 6.45) is 7.30. The molecule has 0 aliphatic heterocycles. The highest BCUT2D eigenvalue weighted by Gasteiger charge is 2.29. The van der Waals surface area contributed by atoms with Gasteiger partial charge in [0.15, 0.2) is 5.78 Å². The van der Waals surface area contributed by atoms with Crippen LogP contribution in [0.3, 0.4) is 0 Å². The fourth-order valence-electron chi connectivity index (χ4n) is 1.95. The van der Waals surface area contributed by atoms with E-state index in [4.69, 9.17) is 11.6 Å². The molecule has 0 aromatic carbocycles. The Kier molecular flexibility index (Phi) is 4.37. The van der Waals surface area contributed by atoms with Crippen molar-refractivity contribution in [3.8, 4) is 0 Å². The van der Waals surface area contributed by atoms with Crippen molar-refractivity contribution in [3.63, 3.8) is 0 Å². The van der Waals surface area contributed by atoms with Crippen LogP contribution >= 0.6 is 11.6 Å². The monoisotopic (exact) mass is 240 g/mol. The molecular weight excluding hydrogens is 220 g/mol. The van der Waals surface area contributed by atoms with Gasteiger partial charge in [-0.3, -0.25) is 4.79 Å². The zero-order valence-corrected chi connectivity index (χ0v) is 11.4. The maximum absolute atomic E-state index is 11.9. The molecule has 0 aromatic heterocycles. The summed E-state index contributed by atoms with van der Waals surface area (Å²) < 4.78 is 0. The molecule has 1 atom stereocenters. The van der Waals surface area contributed by atoms with E-state index in [-0.39, 0.29) is 17.1 Å². The summed E-state index contributed by atoms with van der Waals surface area (Å²) in [5, 5.41) is 0.400. The molecule has 0 aromatic rings. The van der Waals surface area contributed by atoms with Crippen LogP contribution in [0.2, 0.25) is 0 Å². The van der Waals surface area contributed by atoms with Gasteiger partial charge in [-0.2, -0.15) is 0 Å². The Bertz CT molecular complexity index is 331. The van der Waals surface area contributed by atoms with Gasteiger partial charge in [-0.25, -0.2) is 0 Å². The molecule has 0 fully saturated rings. The average molecular weight is 241 g/mol. The first-order valence-electron chi connectivity index (χ1n) is 6.00. The van der Waals surface area contributed by atoms with Crippen molar-refractivity contribution in [2.45, 2.75) is 47.0 Å². The lowest BCUT2D eigenvalue weighted by Crippen LogP contribution is -2.10. The number of unbranched alkanes of at least 4 members (excludes halogenated alkanes) is 1. The SMILES string of the molecule is CCCCC1C=C(Cl)C(=O)/C1=C/C(C)(C)C. The third-order valence-corrected chi connectivity index (χ3v) is 2.98. The molecule has 2 heteroatoms. The Morgan fingerprint density at radius 2 is 2.06 bits per heavy atom. The fraction of sp³-hybridized carbons (Fsp3) is 0.643. The number of halogens is 1. The van der Waals surface area contributed by atoms with Crippen LogP contribution < -0.4 is 0 Å². The largest absolute Gasteiger partial charge is 0.288 e. The topological polar surface area (TPSA) is 17.1 Å². The van der Waals surface area contributed by atoms with E-state index in [0.717, 1.165) is 24.8 Å². The van der Waals surface area contributed by atoms with Gasteiger partial charge in [0.25, 0.3) is 0 Å². The molecule has 1 rings (SSSR count). The molecule has 0 saturated heterocycles. The second-order valence-electron chi connectivity index (χ2n) is 5.56. The van der Waals surface area contributed by atoms with E-state index in [2.05, 4.69) is 33.8 Å². The smallest absolute Gasteiger partial charge is 0.200 e.